The number of benzene rings is 2. The number of aromatic carboxylic acids is 1. The molecule has 0 saturated heterocycles. The van der Waals surface area contributed by atoms with Gasteiger partial charge in [0.2, 0.25) is 0 Å². The standard InChI is InChI=1S/C20H14BrF2NO5/c21-17-18(29-9-12-4-5-13(22)7-14(12)23)16(15(8-25)24-19(17)26)10-2-1-3-11(6-10)20(27)28/h1-7,25H,8-9H2,(H,24,26)(H,27,28). The number of aromatic amines is 1. The van der Waals surface area contributed by atoms with Gasteiger partial charge < -0.3 is 19.9 Å². The first-order chi connectivity index (χ1) is 13.8. The van der Waals surface area contributed by atoms with Crippen molar-refractivity contribution in [1.82, 2.24) is 4.98 Å². The number of aliphatic hydroxyl groups is 1. The Kier molecular flexibility index (Phi) is 6.09. The summed E-state index contributed by atoms with van der Waals surface area (Å²) in [5, 5.41) is 18.9. The Labute approximate surface area is 171 Å². The SMILES string of the molecule is O=C(O)c1cccc(-c2c(CO)[nH]c(=O)c(Br)c2OCc2ccc(F)cc2F)c1. The molecule has 150 valence electrons. The molecule has 0 aliphatic heterocycles. The quantitative estimate of drug-likeness (QED) is 0.513. The summed E-state index contributed by atoms with van der Waals surface area (Å²) in [7, 11) is 0. The molecule has 3 rings (SSSR count). The number of hydrogen-bond donors (Lipinski definition) is 3. The van der Waals surface area contributed by atoms with E-state index >= 15 is 0 Å². The lowest BCUT2D eigenvalue weighted by atomic mass is 10.0. The number of ether oxygens (including phenoxy) is 1. The van der Waals surface area contributed by atoms with Gasteiger partial charge in [-0.2, -0.15) is 0 Å². The molecule has 0 aliphatic carbocycles. The van der Waals surface area contributed by atoms with E-state index in [0.29, 0.717) is 11.6 Å². The first-order valence-electron chi connectivity index (χ1n) is 8.27. The highest BCUT2D eigenvalue weighted by molar-refractivity contribution is 9.10. The Morgan fingerprint density at radius 2 is 1.93 bits per heavy atom. The van der Waals surface area contributed by atoms with E-state index in [1.807, 2.05) is 0 Å². The number of nitrogens with one attached hydrogen (secondary N) is 1. The molecule has 0 bridgehead atoms. The predicted molar refractivity (Wildman–Crippen MR) is 104 cm³/mol. The highest BCUT2D eigenvalue weighted by atomic mass is 79.9. The van der Waals surface area contributed by atoms with Gasteiger partial charge in [0.25, 0.3) is 5.56 Å². The summed E-state index contributed by atoms with van der Waals surface area (Å²) >= 11 is 3.12. The largest absolute Gasteiger partial charge is 0.487 e. The second kappa shape index (κ2) is 8.54. The molecule has 0 fully saturated rings. The lowest BCUT2D eigenvalue weighted by Gasteiger charge is -2.17. The molecule has 0 aliphatic rings. The molecule has 0 atom stereocenters. The number of carboxylic acids is 1. The molecule has 0 saturated carbocycles. The van der Waals surface area contributed by atoms with Crippen LogP contribution in [0.15, 0.2) is 51.7 Å². The van der Waals surface area contributed by atoms with Crippen molar-refractivity contribution in [2.24, 2.45) is 0 Å². The van der Waals surface area contributed by atoms with Crippen LogP contribution in [0.25, 0.3) is 11.1 Å². The van der Waals surface area contributed by atoms with Gasteiger partial charge in [-0.15, -0.1) is 0 Å². The smallest absolute Gasteiger partial charge is 0.335 e. The lowest BCUT2D eigenvalue weighted by Crippen LogP contribution is -2.15. The molecule has 29 heavy (non-hydrogen) atoms. The van der Waals surface area contributed by atoms with Crippen LogP contribution in [0.5, 0.6) is 5.75 Å². The van der Waals surface area contributed by atoms with Crippen molar-refractivity contribution >= 4 is 21.9 Å². The summed E-state index contributed by atoms with van der Waals surface area (Å²) in [4.78, 5) is 26.0. The Balaban J connectivity index is 2.12. The van der Waals surface area contributed by atoms with E-state index in [1.54, 1.807) is 6.07 Å². The maximum absolute atomic E-state index is 13.9. The highest BCUT2D eigenvalue weighted by Crippen LogP contribution is 2.37. The zero-order valence-electron chi connectivity index (χ0n) is 14.7. The summed E-state index contributed by atoms with van der Waals surface area (Å²) in [6.07, 6.45) is 0. The maximum atomic E-state index is 13.9. The van der Waals surface area contributed by atoms with Crippen molar-refractivity contribution in [3.8, 4) is 16.9 Å². The van der Waals surface area contributed by atoms with E-state index in [2.05, 4.69) is 20.9 Å². The average Bonchev–Trinajstić information content (AvgIpc) is 2.69. The van der Waals surface area contributed by atoms with Crippen LogP contribution in [-0.2, 0) is 13.2 Å². The van der Waals surface area contributed by atoms with Gasteiger partial charge in [0.15, 0.2) is 0 Å². The van der Waals surface area contributed by atoms with Crippen molar-refractivity contribution < 1.29 is 28.5 Å². The Morgan fingerprint density at radius 3 is 2.59 bits per heavy atom. The van der Waals surface area contributed by atoms with Crippen LogP contribution in [0, 0.1) is 11.6 Å². The van der Waals surface area contributed by atoms with Gasteiger partial charge in [-0.3, -0.25) is 4.79 Å². The van der Waals surface area contributed by atoms with Gasteiger partial charge in [0.1, 0.15) is 28.5 Å². The number of carboxylic acid groups (broad SMARTS) is 1. The third-order valence-corrected chi connectivity index (χ3v) is 4.86. The zero-order chi connectivity index (χ0) is 21.1. The maximum Gasteiger partial charge on any atom is 0.335 e. The minimum atomic E-state index is -1.16. The van der Waals surface area contributed by atoms with Gasteiger partial charge in [-0.05, 0) is 45.8 Å². The van der Waals surface area contributed by atoms with E-state index in [1.165, 1.54) is 24.3 Å². The van der Waals surface area contributed by atoms with Crippen molar-refractivity contribution in [3.63, 3.8) is 0 Å². The Bertz CT molecular complexity index is 1150. The molecule has 1 heterocycles. The molecule has 3 aromatic rings. The monoisotopic (exact) mass is 465 g/mol. The second-order valence-corrected chi connectivity index (χ2v) is 6.81. The molecule has 1 aromatic heterocycles. The number of aromatic nitrogens is 1. The van der Waals surface area contributed by atoms with Crippen molar-refractivity contribution in [3.05, 3.63) is 85.7 Å². The molecule has 2 aromatic carbocycles. The molecular formula is C20H14BrF2NO5. The van der Waals surface area contributed by atoms with Gasteiger partial charge in [-0.25, -0.2) is 13.6 Å². The number of halogens is 3. The molecule has 3 N–H and O–H groups in total. The summed E-state index contributed by atoms with van der Waals surface area (Å²) in [6.45, 7) is -0.888. The van der Waals surface area contributed by atoms with Gasteiger partial charge in [-0.1, -0.05) is 12.1 Å². The van der Waals surface area contributed by atoms with Crippen molar-refractivity contribution in [2.45, 2.75) is 13.2 Å². The van der Waals surface area contributed by atoms with E-state index in [0.717, 1.165) is 6.07 Å². The molecule has 0 radical (unpaired) electrons. The third kappa shape index (κ3) is 4.36. The van der Waals surface area contributed by atoms with Gasteiger partial charge >= 0.3 is 5.97 Å². The Hall–Kier alpha value is -3.04. The van der Waals surface area contributed by atoms with Crippen molar-refractivity contribution in [2.75, 3.05) is 0 Å². The number of pyridine rings is 1. The minimum Gasteiger partial charge on any atom is -0.487 e. The van der Waals surface area contributed by atoms with E-state index in [9.17, 15) is 28.6 Å². The summed E-state index contributed by atoms with van der Waals surface area (Å²) in [5.41, 5.74) is 0.140. The average molecular weight is 466 g/mol. The molecule has 0 amide bonds. The van der Waals surface area contributed by atoms with E-state index < -0.39 is 29.8 Å². The summed E-state index contributed by atoms with van der Waals surface area (Å²) in [6, 6.07) is 8.82. The Morgan fingerprint density at radius 1 is 1.17 bits per heavy atom. The zero-order valence-corrected chi connectivity index (χ0v) is 16.3. The highest BCUT2D eigenvalue weighted by Gasteiger charge is 2.20. The van der Waals surface area contributed by atoms with Crippen LogP contribution in [0.4, 0.5) is 8.78 Å². The van der Waals surface area contributed by atoms with E-state index in [4.69, 9.17) is 4.74 Å². The third-order valence-electron chi connectivity index (χ3n) is 4.14. The molecule has 9 heteroatoms. The fourth-order valence-electron chi connectivity index (χ4n) is 2.76. The number of H-pyrrole nitrogens is 1. The topological polar surface area (TPSA) is 99.6 Å². The normalized spacial score (nSPS) is 10.8. The summed E-state index contributed by atoms with van der Waals surface area (Å²) in [5.74, 6) is -2.72. The number of carbonyl (C=O) groups is 1. The van der Waals surface area contributed by atoms with Crippen LogP contribution < -0.4 is 10.3 Å². The van der Waals surface area contributed by atoms with Crippen LogP contribution >= 0.6 is 15.9 Å². The lowest BCUT2D eigenvalue weighted by molar-refractivity contribution is 0.0697. The first kappa shape index (κ1) is 20.7. The fraction of sp³-hybridized carbons (Fsp3) is 0.100. The predicted octanol–water partition coefficient (Wildman–Crippen LogP) is 3.85. The van der Waals surface area contributed by atoms with E-state index in [-0.39, 0.29) is 39.2 Å². The van der Waals surface area contributed by atoms with Gasteiger partial charge in [0, 0.05) is 17.2 Å². The first-order valence-corrected chi connectivity index (χ1v) is 9.07. The number of aliphatic hydroxyl groups excluding tert-OH is 1. The molecule has 0 spiro atoms. The number of hydrogen-bond acceptors (Lipinski definition) is 4. The minimum absolute atomic E-state index is 0.00996. The van der Waals surface area contributed by atoms with Crippen LogP contribution in [0.1, 0.15) is 21.6 Å². The van der Waals surface area contributed by atoms with Crippen LogP contribution in [0.3, 0.4) is 0 Å². The van der Waals surface area contributed by atoms with Crippen LogP contribution in [0.2, 0.25) is 0 Å². The number of rotatable bonds is 6. The fourth-order valence-corrected chi connectivity index (χ4v) is 3.17. The molecule has 0 unspecified atom stereocenters. The van der Waals surface area contributed by atoms with Crippen molar-refractivity contribution in [1.29, 1.82) is 0 Å². The summed E-state index contributed by atoms with van der Waals surface area (Å²) < 4.78 is 32.7. The molecular weight excluding hydrogens is 452 g/mol. The molecule has 6 nitrogen and oxygen atoms in total. The van der Waals surface area contributed by atoms with Crippen LogP contribution in [-0.4, -0.2) is 21.2 Å². The second-order valence-electron chi connectivity index (χ2n) is 6.02. The van der Waals surface area contributed by atoms with Gasteiger partial charge in [0.05, 0.1) is 17.9 Å².